The molecule has 0 heterocycles. The van der Waals surface area contributed by atoms with Gasteiger partial charge in [-0.15, -0.1) is 0 Å². The fourth-order valence-corrected chi connectivity index (χ4v) is 3.44. The lowest BCUT2D eigenvalue weighted by molar-refractivity contribution is -0.384. The Kier molecular flexibility index (Phi) is 7.84. The largest absolute Gasteiger partial charge is 0.493 e. The number of benzene rings is 1. The van der Waals surface area contributed by atoms with Crippen molar-refractivity contribution in [3.05, 3.63) is 21.7 Å². The van der Waals surface area contributed by atoms with E-state index in [1.54, 1.807) is 0 Å². The van der Waals surface area contributed by atoms with Crippen molar-refractivity contribution in [2.75, 3.05) is 26.1 Å². The van der Waals surface area contributed by atoms with Crippen molar-refractivity contribution in [3.63, 3.8) is 0 Å². The van der Waals surface area contributed by atoms with Gasteiger partial charge in [0.2, 0.25) is 0 Å². The number of methoxy groups -OCH3 is 2. The van der Waals surface area contributed by atoms with Crippen molar-refractivity contribution in [1.82, 2.24) is 0 Å². The predicted octanol–water partition coefficient (Wildman–Crippen LogP) is 4.70. The quantitative estimate of drug-likeness (QED) is 0.358. The van der Waals surface area contributed by atoms with Crippen molar-refractivity contribution >= 4 is 19.7 Å². The fourth-order valence-electron chi connectivity index (χ4n) is 2.38. The maximum Gasteiger partial charge on any atom is 0.314 e. The van der Waals surface area contributed by atoms with E-state index in [2.05, 4.69) is 39.2 Å². The molecule has 1 N–H and O–H groups in total. The van der Waals surface area contributed by atoms with Crippen LogP contribution in [-0.2, 0) is 4.43 Å². The van der Waals surface area contributed by atoms with E-state index in [0.717, 1.165) is 0 Å². The first kappa shape index (κ1) is 23.7. The Bertz CT molecular complexity index is 753. The summed E-state index contributed by atoms with van der Waals surface area (Å²) in [5.41, 5.74) is -0.287. The summed E-state index contributed by atoms with van der Waals surface area (Å²) in [5, 5.41) is 24.3. The van der Waals surface area contributed by atoms with Crippen LogP contribution in [0.1, 0.15) is 39.7 Å². The Balaban J connectivity index is 3.33. The van der Waals surface area contributed by atoms with E-state index in [9.17, 15) is 15.4 Å². The first-order valence-corrected chi connectivity index (χ1v) is 12.1. The molecule has 0 aliphatic carbocycles. The highest BCUT2D eigenvalue weighted by Gasteiger charge is 2.38. The molecule has 0 aromatic heterocycles. The summed E-state index contributed by atoms with van der Waals surface area (Å²) in [5.74, 6) is 0.450. The van der Waals surface area contributed by atoms with E-state index in [4.69, 9.17) is 13.9 Å². The summed E-state index contributed by atoms with van der Waals surface area (Å²) in [4.78, 5) is 11.1. The van der Waals surface area contributed by atoms with E-state index >= 15 is 0 Å². The molecule has 0 radical (unpaired) electrons. The van der Waals surface area contributed by atoms with Crippen molar-refractivity contribution < 1.29 is 18.8 Å². The van der Waals surface area contributed by atoms with Crippen LogP contribution in [0, 0.1) is 21.4 Å². The van der Waals surface area contributed by atoms with Gasteiger partial charge in [-0.05, 0) is 24.6 Å². The lowest BCUT2D eigenvalue weighted by atomic mass is 10.1. The number of hydrogen-bond acceptors (Lipinski definition) is 7. The Labute approximate surface area is 168 Å². The second-order valence-electron chi connectivity index (χ2n) is 8.07. The second-order valence-corrected chi connectivity index (χ2v) is 12.9. The molecule has 1 unspecified atom stereocenters. The molecule has 9 heteroatoms. The molecule has 0 bridgehead atoms. The second kappa shape index (κ2) is 9.25. The fraction of sp³-hybridized carbons (Fsp3) is 0.632. The Morgan fingerprint density at radius 2 is 1.93 bits per heavy atom. The average molecular weight is 410 g/mol. The molecule has 1 rings (SSSR count). The van der Waals surface area contributed by atoms with Gasteiger partial charge in [-0.3, -0.25) is 10.1 Å². The smallest absolute Gasteiger partial charge is 0.314 e. The van der Waals surface area contributed by atoms with Crippen LogP contribution in [0.4, 0.5) is 11.4 Å². The zero-order valence-corrected chi connectivity index (χ0v) is 19.0. The first-order chi connectivity index (χ1) is 12.9. The van der Waals surface area contributed by atoms with Crippen molar-refractivity contribution in [2.45, 2.75) is 58.3 Å². The number of hydrogen-bond donors (Lipinski definition) is 1. The van der Waals surface area contributed by atoms with Gasteiger partial charge in [0.15, 0.2) is 25.5 Å². The predicted molar refractivity (Wildman–Crippen MR) is 112 cm³/mol. The zero-order chi connectivity index (χ0) is 21.7. The van der Waals surface area contributed by atoms with Gasteiger partial charge in [0, 0.05) is 12.1 Å². The summed E-state index contributed by atoms with van der Waals surface area (Å²) in [6, 6.07) is 2.99. The summed E-state index contributed by atoms with van der Waals surface area (Å²) in [6.07, 6.45) is 0.675. The Morgan fingerprint density at radius 1 is 1.32 bits per heavy atom. The minimum atomic E-state index is -1.98. The van der Waals surface area contributed by atoms with Gasteiger partial charge in [0.1, 0.15) is 11.6 Å². The normalized spacial score (nSPS) is 12.8. The maximum atomic E-state index is 11.7. The van der Waals surface area contributed by atoms with Crippen molar-refractivity contribution in [3.8, 4) is 17.6 Å². The van der Waals surface area contributed by atoms with Crippen LogP contribution in [-0.4, -0.2) is 40.1 Å². The number of nitriles is 1. The van der Waals surface area contributed by atoms with Crippen LogP contribution in [0.25, 0.3) is 0 Å². The van der Waals surface area contributed by atoms with Gasteiger partial charge < -0.3 is 19.2 Å². The third-order valence-electron chi connectivity index (χ3n) is 5.24. The molecule has 0 aliphatic rings. The number of nitrogens with zero attached hydrogens (tertiary/aromatic N) is 2. The minimum absolute atomic E-state index is 0.0545. The van der Waals surface area contributed by atoms with Crippen LogP contribution in [0.3, 0.4) is 0 Å². The lowest BCUT2D eigenvalue weighted by Crippen LogP contribution is -2.43. The van der Waals surface area contributed by atoms with E-state index in [1.807, 2.05) is 13.0 Å². The van der Waals surface area contributed by atoms with E-state index in [1.165, 1.54) is 20.3 Å². The lowest BCUT2D eigenvalue weighted by Gasteiger charge is -2.37. The third kappa shape index (κ3) is 5.14. The number of nitro groups is 1. The van der Waals surface area contributed by atoms with Gasteiger partial charge in [0.05, 0.1) is 25.7 Å². The molecule has 8 nitrogen and oxygen atoms in total. The summed E-state index contributed by atoms with van der Waals surface area (Å²) in [7, 11) is 0.856. The standard InChI is InChI=1S/C19H31N3O5Si/c1-9-14(12-27-28(7,8)19(2,3)4)21-16-17(22(23)24)13(11-20)10-15(25-5)18(16)26-6/h10,14,21H,9,12H2,1-8H3. The molecule has 0 aliphatic heterocycles. The van der Waals surface area contributed by atoms with E-state index in [0.29, 0.717) is 13.0 Å². The molecule has 156 valence electrons. The highest BCUT2D eigenvalue weighted by molar-refractivity contribution is 6.74. The molecule has 0 saturated carbocycles. The molecule has 1 aromatic carbocycles. The van der Waals surface area contributed by atoms with Gasteiger partial charge in [-0.25, -0.2) is 0 Å². The first-order valence-electron chi connectivity index (χ1n) is 9.17. The van der Waals surface area contributed by atoms with Gasteiger partial charge in [-0.1, -0.05) is 27.7 Å². The molecule has 28 heavy (non-hydrogen) atoms. The topological polar surface area (TPSA) is 107 Å². The molecule has 1 aromatic rings. The van der Waals surface area contributed by atoms with E-state index in [-0.39, 0.29) is 39.5 Å². The molecule has 0 amide bonds. The maximum absolute atomic E-state index is 11.7. The van der Waals surface area contributed by atoms with Crippen molar-refractivity contribution in [2.24, 2.45) is 0 Å². The minimum Gasteiger partial charge on any atom is -0.493 e. The Hall–Kier alpha value is -2.31. The summed E-state index contributed by atoms with van der Waals surface area (Å²) < 4.78 is 16.9. The van der Waals surface area contributed by atoms with Crippen LogP contribution in [0.5, 0.6) is 11.5 Å². The summed E-state index contributed by atoms with van der Waals surface area (Å²) >= 11 is 0. The SMILES string of the molecule is CCC(CO[Si](C)(C)C(C)(C)C)Nc1c(OC)c(OC)cc(C#N)c1[N+](=O)[O-]. The number of rotatable bonds is 9. The molecular weight excluding hydrogens is 378 g/mol. The van der Waals surface area contributed by atoms with Crippen LogP contribution in [0.15, 0.2) is 6.07 Å². The monoisotopic (exact) mass is 409 g/mol. The highest BCUT2D eigenvalue weighted by Crippen LogP contribution is 2.45. The van der Waals surface area contributed by atoms with Gasteiger partial charge in [0.25, 0.3) is 0 Å². The van der Waals surface area contributed by atoms with Crippen LogP contribution < -0.4 is 14.8 Å². The van der Waals surface area contributed by atoms with Crippen LogP contribution >= 0.6 is 0 Å². The molecule has 0 fully saturated rings. The number of nitrogens with one attached hydrogen (secondary N) is 1. The zero-order valence-electron chi connectivity index (χ0n) is 18.0. The number of ether oxygens (including phenoxy) is 2. The van der Waals surface area contributed by atoms with Gasteiger partial charge >= 0.3 is 5.69 Å². The Morgan fingerprint density at radius 3 is 2.32 bits per heavy atom. The average Bonchev–Trinajstić information content (AvgIpc) is 2.62. The van der Waals surface area contributed by atoms with Crippen molar-refractivity contribution in [1.29, 1.82) is 5.26 Å². The third-order valence-corrected chi connectivity index (χ3v) is 9.74. The number of nitro benzene ring substituents is 1. The summed E-state index contributed by atoms with van der Waals surface area (Å²) in [6.45, 7) is 13.1. The van der Waals surface area contributed by atoms with E-state index < -0.39 is 13.2 Å². The highest BCUT2D eigenvalue weighted by atomic mass is 28.4. The van der Waals surface area contributed by atoms with Gasteiger partial charge in [-0.2, -0.15) is 5.26 Å². The molecule has 0 spiro atoms. The molecular formula is C19H31N3O5Si. The molecule has 1 atom stereocenters. The van der Waals surface area contributed by atoms with Crippen LogP contribution in [0.2, 0.25) is 18.1 Å². The molecule has 0 saturated heterocycles. The number of anilines is 1.